The molecular weight excluding hydrogens is 244 g/mol. The fourth-order valence-electron chi connectivity index (χ4n) is 1.66. The summed E-state index contributed by atoms with van der Waals surface area (Å²) >= 11 is 5.80. The van der Waals surface area contributed by atoms with E-state index in [-0.39, 0.29) is 23.5 Å². The van der Waals surface area contributed by atoms with E-state index in [9.17, 15) is 14.7 Å². The third-order valence-electron chi connectivity index (χ3n) is 2.42. The second-order valence-electron chi connectivity index (χ2n) is 3.63. The highest BCUT2D eigenvalue weighted by molar-refractivity contribution is 6.31. The third kappa shape index (κ3) is 2.03. The number of carbonyl (C=O) groups excluding carboxylic acids is 2. The molecule has 1 N–H and O–H groups in total. The van der Waals surface area contributed by atoms with Gasteiger partial charge < -0.3 is 9.84 Å². The van der Waals surface area contributed by atoms with Crippen molar-refractivity contribution in [3.05, 3.63) is 34.4 Å². The number of fused-ring (bicyclic) bond motifs is 1. The lowest BCUT2D eigenvalue weighted by Crippen LogP contribution is -2.17. The zero-order valence-corrected chi connectivity index (χ0v) is 9.75. The minimum Gasteiger partial charge on any atom is -0.506 e. The topological polar surface area (TPSA) is 63.6 Å². The molecule has 1 heterocycles. The van der Waals surface area contributed by atoms with Crippen LogP contribution < -0.4 is 4.74 Å². The number of Topliss-reactive ketones (excluding diaryl/α,β-unsaturated/α-hetero) is 2. The van der Waals surface area contributed by atoms with Crippen molar-refractivity contribution >= 4 is 28.9 Å². The van der Waals surface area contributed by atoms with Crippen LogP contribution in [0, 0.1) is 0 Å². The Labute approximate surface area is 102 Å². The van der Waals surface area contributed by atoms with Gasteiger partial charge in [-0.25, -0.2) is 0 Å². The van der Waals surface area contributed by atoms with Crippen LogP contribution in [0.2, 0.25) is 5.02 Å². The van der Waals surface area contributed by atoms with E-state index in [1.54, 1.807) is 12.1 Å². The molecule has 88 valence electrons. The minimum absolute atomic E-state index is 0.244. The van der Waals surface area contributed by atoms with Gasteiger partial charge in [-0.05, 0) is 25.1 Å². The van der Waals surface area contributed by atoms with Gasteiger partial charge >= 0.3 is 0 Å². The molecule has 5 heteroatoms. The first-order chi connectivity index (χ1) is 8.00. The molecule has 0 atom stereocenters. The average molecular weight is 253 g/mol. The molecule has 0 saturated heterocycles. The molecule has 0 spiro atoms. The van der Waals surface area contributed by atoms with E-state index in [0.29, 0.717) is 10.8 Å². The number of aliphatic hydroxyl groups is 1. The lowest BCUT2D eigenvalue weighted by Gasteiger charge is -2.06. The van der Waals surface area contributed by atoms with Crippen molar-refractivity contribution in [2.24, 2.45) is 0 Å². The van der Waals surface area contributed by atoms with Crippen molar-refractivity contribution in [2.75, 3.05) is 6.61 Å². The van der Waals surface area contributed by atoms with Gasteiger partial charge in [0.15, 0.2) is 12.4 Å². The molecule has 1 aliphatic heterocycles. The molecule has 4 nitrogen and oxygen atoms in total. The number of hydrogen-bond donors (Lipinski definition) is 1. The number of benzene rings is 1. The number of ketones is 2. The van der Waals surface area contributed by atoms with Crippen LogP contribution in [0.3, 0.4) is 0 Å². The molecule has 0 amide bonds. The summed E-state index contributed by atoms with van der Waals surface area (Å²) < 4.78 is 5.20. The van der Waals surface area contributed by atoms with Crippen LogP contribution in [0.5, 0.6) is 5.75 Å². The molecule has 0 aliphatic carbocycles. The summed E-state index contributed by atoms with van der Waals surface area (Å²) in [7, 11) is 0. The lowest BCUT2D eigenvalue weighted by molar-refractivity contribution is -0.121. The number of carbonyl (C=O) groups is 2. The number of ether oxygens (including phenoxy) is 1. The van der Waals surface area contributed by atoms with Crippen molar-refractivity contribution in [2.45, 2.75) is 6.92 Å². The first-order valence-corrected chi connectivity index (χ1v) is 5.28. The van der Waals surface area contributed by atoms with Crippen molar-refractivity contribution in [1.29, 1.82) is 0 Å². The Hall–Kier alpha value is -1.81. The Morgan fingerprint density at radius 1 is 1.47 bits per heavy atom. The van der Waals surface area contributed by atoms with E-state index < -0.39 is 11.6 Å². The van der Waals surface area contributed by atoms with Gasteiger partial charge in [-0.2, -0.15) is 0 Å². The van der Waals surface area contributed by atoms with Crippen molar-refractivity contribution < 1.29 is 19.4 Å². The molecule has 17 heavy (non-hydrogen) atoms. The lowest BCUT2D eigenvalue weighted by atomic mass is 10.0. The highest BCUT2D eigenvalue weighted by atomic mass is 35.5. The Kier molecular flexibility index (Phi) is 2.90. The molecular formula is C12H9ClO4. The van der Waals surface area contributed by atoms with Gasteiger partial charge in [-0.3, -0.25) is 9.59 Å². The fraction of sp³-hybridized carbons (Fsp3) is 0.167. The first kappa shape index (κ1) is 11.7. The fourth-order valence-corrected chi connectivity index (χ4v) is 1.83. The maximum Gasteiger partial charge on any atom is 0.207 e. The summed E-state index contributed by atoms with van der Waals surface area (Å²) in [5.74, 6) is -1.08. The molecule has 1 aliphatic rings. The van der Waals surface area contributed by atoms with Gasteiger partial charge in [-0.1, -0.05) is 11.6 Å². The summed E-state index contributed by atoms with van der Waals surface area (Å²) in [6.45, 7) is 0.951. The predicted molar refractivity (Wildman–Crippen MR) is 62.2 cm³/mol. The van der Waals surface area contributed by atoms with E-state index in [2.05, 4.69) is 0 Å². The van der Waals surface area contributed by atoms with Crippen LogP contribution in [0.1, 0.15) is 12.5 Å². The van der Waals surface area contributed by atoms with Crippen LogP contribution in [0.25, 0.3) is 5.76 Å². The van der Waals surface area contributed by atoms with Crippen LogP contribution in [0.4, 0.5) is 0 Å². The van der Waals surface area contributed by atoms with Crippen LogP contribution in [-0.4, -0.2) is 23.3 Å². The van der Waals surface area contributed by atoms with E-state index in [1.807, 2.05) is 0 Å². The summed E-state index contributed by atoms with van der Waals surface area (Å²) in [6.07, 6.45) is 0. The normalized spacial score (nSPS) is 15.1. The van der Waals surface area contributed by atoms with E-state index in [1.165, 1.54) is 13.0 Å². The van der Waals surface area contributed by atoms with Crippen molar-refractivity contribution in [3.63, 3.8) is 0 Å². The number of hydrogen-bond acceptors (Lipinski definition) is 4. The number of halogens is 1. The van der Waals surface area contributed by atoms with Gasteiger partial charge in [0.1, 0.15) is 17.1 Å². The van der Waals surface area contributed by atoms with Crippen LogP contribution >= 0.6 is 11.6 Å². The molecule has 0 fully saturated rings. The molecule has 2 rings (SSSR count). The van der Waals surface area contributed by atoms with Gasteiger partial charge in [0.2, 0.25) is 5.78 Å². The monoisotopic (exact) mass is 252 g/mol. The van der Waals surface area contributed by atoms with Gasteiger partial charge in [0, 0.05) is 5.02 Å². The minimum atomic E-state index is -0.540. The average Bonchev–Trinajstić information content (AvgIpc) is 2.37. The highest BCUT2D eigenvalue weighted by Gasteiger charge is 2.26. The Bertz CT molecular complexity index is 545. The SMILES string of the molecule is CC(=O)C1=C(O)c2cc(Cl)ccc2OCC1=O. The summed E-state index contributed by atoms with van der Waals surface area (Å²) in [5, 5.41) is 10.4. The molecule has 1 aromatic carbocycles. The molecule has 1 aromatic rings. The van der Waals surface area contributed by atoms with Gasteiger partial charge in [-0.15, -0.1) is 0 Å². The second-order valence-corrected chi connectivity index (χ2v) is 4.07. The molecule has 0 aromatic heterocycles. The maximum atomic E-state index is 11.6. The molecule has 0 bridgehead atoms. The Balaban J connectivity index is 2.69. The molecule has 0 radical (unpaired) electrons. The van der Waals surface area contributed by atoms with Crippen molar-refractivity contribution in [3.8, 4) is 5.75 Å². The Morgan fingerprint density at radius 3 is 2.82 bits per heavy atom. The smallest absolute Gasteiger partial charge is 0.207 e. The maximum absolute atomic E-state index is 11.6. The Morgan fingerprint density at radius 2 is 2.18 bits per heavy atom. The molecule has 0 saturated carbocycles. The van der Waals surface area contributed by atoms with Gasteiger partial charge in [0.05, 0.1) is 5.56 Å². The van der Waals surface area contributed by atoms with Crippen LogP contribution in [-0.2, 0) is 9.59 Å². The zero-order valence-electron chi connectivity index (χ0n) is 8.99. The third-order valence-corrected chi connectivity index (χ3v) is 2.66. The van der Waals surface area contributed by atoms with E-state index in [4.69, 9.17) is 16.3 Å². The standard InChI is InChI=1S/C12H9ClO4/c1-6(14)11-9(15)5-17-10-3-2-7(13)4-8(10)12(11)16/h2-4,16H,5H2,1H3. The second kappa shape index (κ2) is 4.22. The van der Waals surface area contributed by atoms with Gasteiger partial charge in [0.25, 0.3) is 0 Å². The predicted octanol–water partition coefficient (Wildman–Crippen LogP) is 2.16. The van der Waals surface area contributed by atoms with E-state index >= 15 is 0 Å². The summed E-state index contributed by atoms with van der Waals surface area (Å²) in [5.41, 5.74) is 0.0135. The molecule has 0 unspecified atom stereocenters. The van der Waals surface area contributed by atoms with Crippen molar-refractivity contribution in [1.82, 2.24) is 0 Å². The highest BCUT2D eigenvalue weighted by Crippen LogP contribution is 2.32. The first-order valence-electron chi connectivity index (χ1n) is 4.91. The number of aliphatic hydroxyl groups excluding tert-OH is 1. The van der Waals surface area contributed by atoms with E-state index in [0.717, 1.165) is 0 Å². The largest absolute Gasteiger partial charge is 0.506 e. The zero-order chi connectivity index (χ0) is 12.6. The summed E-state index contributed by atoms with van der Waals surface area (Å²) in [4.78, 5) is 23.0. The summed E-state index contributed by atoms with van der Waals surface area (Å²) in [6, 6.07) is 4.58. The quantitative estimate of drug-likeness (QED) is 0.778. The number of rotatable bonds is 1. The van der Waals surface area contributed by atoms with Crippen LogP contribution in [0.15, 0.2) is 23.8 Å².